The molecule has 0 aromatic carbocycles. The number of halogens is 3. The van der Waals surface area contributed by atoms with Gasteiger partial charge in [0.25, 0.3) is 0 Å². The second-order valence-corrected chi connectivity index (χ2v) is 4.96. The molecule has 2 rings (SSSR count). The molecule has 2 fully saturated rings. The standard InChI is InChI=1S/C11H19F3N2/c12-11(13,14)8-16(10-1-2-10)6-4-9-3-5-15-7-9/h9-10,15H,1-8H2. The smallest absolute Gasteiger partial charge is 0.316 e. The molecule has 5 heteroatoms. The fourth-order valence-corrected chi connectivity index (χ4v) is 2.37. The van der Waals surface area contributed by atoms with Crippen molar-refractivity contribution < 1.29 is 13.2 Å². The van der Waals surface area contributed by atoms with Crippen molar-refractivity contribution in [3.05, 3.63) is 0 Å². The van der Waals surface area contributed by atoms with E-state index in [1.165, 1.54) is 0 Å². The van der Waals surface area contributed by atoms with E-state index in [1.807, 2.05) is 0 Å². The lowest BCUT2D eigenvalue weighted by Crippen LogP contribution is -2.37. The van der Waals surface area contributed by atoms with Crippen LogP contribution in [0, 0.1) is 5.92 Å². The Morgan fingerprint density at radius 2 is 1.94 bits per heavy atom. The first-order chi connectivity index (χ1) is 7.54. The third-order valence-electron chi connectivity index (χ3n) is 3.43. The lowest BCUT2D eigenvalue weighted by atomic mass is 10.0. The molecule has 0 bridgehead atoms. The van der Waals surface area contributed by atoms with Crippen LogP contribution in [0.2, 0.25) is 0 Å². The maximum atomic E-state index is 12.3. The first kappa shape index (κ1) is 12.2. The molecule has 1 unspecified atom stereocenters. The Balaban J connectivity index is 1.74. The Labute approximate surface area is 94.2 Å². The molecule has 1 aliphatic heterocycles. The van der Waals surface area contributed by atoms with E-state index in [0.29, 0.717) is 12.5 Å². The molecule has 1 saturated carbocycles. The third kappa shape index (κ3) is 3.94. The van der Waals surface area contributed by atoms with Crippen molar-refractivity contribution in [3.8, 4) is 0 Å². The maximum Gasteiger partial charge on any atom is 0.401 e. The van der Waals surface area contributed by atoms with Crippen molar-refractivity contribution in [2.24, 2.45) is 5.92 Å². The van der Waals surface area contributed by atoms with Gasteiger partial charge in [-0.2, -0.15) is 13.2 Å². The molecular weight excluding hydrogens is 217 g/mol. The number of nitrogens with zero attached hydrogens (tertiary/aromatic N) is 1. The topological polar surface area (TPSA) is 15.3 Å². The van der Waals surface area contributed by atoms with E-state index in [-0.39, 0.29) is 6.04 Å². The number of hydrogen-bond donors (Lipinski definition) is 1. The van der Waals surface area contributed by atoms with Gasteiger partial charge in [0, 0.05) is 6.04 Å². The summed E-state index contributed by atoms with van der Waals surface area (Å²) in [6.45, 7) is 1.88. The van der Waals surface area contributed by atoms with Crippen molar-refractivity contribution in [2.75, 3.05) is 26.2 Å². The largest absolute Gasteiger partial charge is 0.401 e. The van der Waals surface area contributed by atoms with Crippen LogP contribution in [0.5, 0.6) is 0 Å². The van der Waals surface area contributed by atoms with Gasteiger partial charge in [0.15, 0.2) is 0 Å². The fraction of sp³-hybridized carbons (Fsp3) is 1.00. The second kappa shape index (κ2) is 4.92. The first-order valence-electron chi connectivity index (χ1n) is 6.06. The summed E-state index contributed by atoms with van der Waals surface area (Å²) in [5.41, 5.74) is 0. The van der Waals surface area contributed by atoms with Crippen molar-refractivity contribution in [1.29, 1.82) is 0 Å². The molecular formula is C11H19F3N2. The molecule has 0 spiro atoms. The SMILES string of the molecule is FC(F)(F)CN(CCC1CCNC1)C1CC1. The van der Waals surface area contributed by atoms with Crippen LogP contribution in [0.15, 0.2) is 0 Å². The van der Waals surface area contributed by atoms with Crippen LogP contribution < -0.4 is 5.32 Å². The van der Waals surface area contributed by atoms with Crippen LogP contribution in [0.3, 0.4) is 0 Å². The predicted molar refractivity (Wildman–Crippen MR) is 56.2 cm³/mol. The number of nitrogens with one attached hydrogen (secondary N) is 1. The minimum atomic E-state index is -4.05. The van der Waals surface area contributed by atoms with Gasteiger partial charge in [-0.25, -0.2) is 0 Å². The molecule has 2 nitrogen and oxygen atoms in total. The van der Waals surface area contributed by atoms with Crippen molar-refractivity contribution in [1.82, 2.24) is 10.2 Å². The Morgan fingerprint density at radius 1 is 1.19 bits per heavy atom. The highest BCUT2D eigenvalue weighted by Crippen LogP contribution is 2.30. The van der Waals surface area contributed by atoms with Crippen molar-refractivity contribution in [3.63, 3.8) is 0 Å². The Morgan fingerprint density at radius 3 is 2.44 bits per heavy atom. The summed E-state index contributed by atoms with van der Waals surface area (Å²) in [5.74, 6) is 0.578. The van der Waals surface area contributed by atoms with E-state index < -0.39 is 12.7 Å². The van der Waals surface area contributed by atoms with Gasteiger partial charge in [0.1, 0.15) is 0 Å². The van der Waals surface area contributed by atoms with Crippen LogP contribution in [0.25, 0.3) is 0 Å². The molecule has 0 aromatic heterocycles. The molecule has 1 aliphatic carbocycles. The highest BCUT2D eigenvalue weighted by molar-refractivity contribution is 4.86. The third-order valence-corrected chi connectivity index (χ3v) is 3.43. The molecule has 0 amide bonds. The van der Waals surface area contributed by atoms with E-state index in [2.05, 4.69) is 5.32 Å². The highest BCUT2D eigenvalue weighted by atomic mass is 19.4. The second-order valence-electron chi connectivity index (χ2n) is 4.96. The van der Waals surface area contributed by atoms with E-state index in [0.717, 1.165) is 38.8 Å². The summed E-state index contributed by atoms with van der Waals surface area (Å²) in [6.07, 6.45) is -0.140. The van der Waals surface area contributed by atoms with Gasteiger partial charge >= 0.3 is 6.18 Å². The lowest BCUT2D eigenvalue weighted by Gasteiger charge is -2.24. The minimum Gasteiger partial charge on any atom is -0.316 e. The Kier molecular flexibility index (Phi) is 3.74. The maximum absolute atomic E-state index is 12.3. The molecule has 16 heavy (non-hydrogen) atoms. The average molecular weight is 236 g/mol. The lowest BCUT2D eigenvalue weighted by molar-refractivity contribution is -0.147. The van der Waals surface area contributed by atoms with Crippen molar-refractivity contribution >= 4 is 0 Å². The van der Waals surface area contributed by atoms with E-state index >= 15 is 0 Å². The van der Waals surface area contributed by atoms with E-state index in [4.69, 9.17) is 0 Å². The zero-order valence-corrected chi connectivity index (χ0v) is 9.39. The van der Waals surface area contributed by atoms with Gasteiger partial charge < -0.3 is 5.32 Å². The monoisotopic (exact) mass is 236 g/mol. The summed E-state index contributed by atoms with van der Waals surface area (Å²) in [4.78, 5) is 1.62. The summed E-state index contributed by atoms with van der Waals surface area (Å²) in [6, 6.07) is 0.205. The zero-order chi connectivity index (χ0) is 11.6. The number of rotatable bonds is 5. The van der Waals surface area contributed by atoms with Gasteiger partial charge in [0.05, 0.1) is 6.54 Å². The summed E-state index contributed by atoms with van der Waals surface area (Å²) < 4.78 is 37.0. The molecule has 1 saturated heterocycles. The van der Waals surface area contributed by atoms with Crippen LogP contribution in [-0.4, -0.2) is 43.3 Å². The number of hydrogen-bond acceptors (Lipinski definition) is 2. The Hall–Kier alpha value is -0.290. The van der Waals surface area contributed by atoms with Crippen LogP contribution >= 0.6 is 0 Å². The summed E-state index contributed by atoms with van der Waals surface area (Å²) >= 11 is 0. The summed E-state index contributed by atoms with van der Waals surface area (Å²) in [7, 11) is 0. The molecule has 0 radical (unpaired) electrons. The van der Waals surface area contributed by atoms with Gasteiger partial charge in [0.2, 0.25) is 0 Å². The Bertz CT molecular complexity index is 220. The zero-order valence-electron chi connectivity index (χ0n) is 9.39. The molecule has 0 aromatic rings. The predicted octanol–water partition coefficient (Wildman–Crippen LogP) is 2.01. The highest BCUT2D eigenvalue weighted by Gasteiger charge is 2.37. The average Bonchev–Trinajstić information content (AvgIpc) is 2.89. The number of alkyl halides is 3. The van der Waals surface area contributed by atoms with Gasteiger partial charge in [-0.05, 0) is 51.2 Å². The first-order valence-corrected chi connectivity index (χ1v) is 6.06. The summed E-state index contributed by atoms with van der Waals surface area (Å²) in [5, 5.41) is 3.25. The van der Waals surface area contributed by atoms with Gasteiger partial charge in [-0.15, -0.1) is 0 Å². The molecule has 1 N–H and O–H groups in total. The molecule has 1 heterocycles. The van der Waals surface area contributed by atoms with Gasteiger partial charge in [-0.3, -0.25) is 4.90 Å². The van der Waals surface area contributed by atoms with Gasteiger partial charge in [-0.1, -0.05) is 0 Å². The van der Waals surface area contributed by atoms with Crippen LogP contribution in [-0.2, 0) is 0 Å². The van der Waals surface area contributed by atoms with E-state index in [1.54, 1.807) is 4.90 Å². The molecule has 94 valence electrons. The van der Waals surface area contributed by atoms with E-state index in [9.17, 15) is 13.2 Å². The van der Waals surface area contributed by atoms with Crippen LogP contribution in [0.4, 0.5) is 13.2 Å². The van der Waals surface area contributed by atoms with Crippen molar-refractivity contribution in [2.45, 2.75) is 37.9 Å². The molecule has 2 aliphatic rings. The minimum absolute atomic E-state index is 0.205. The molecule has 1 atom stereocenters. The fourth-order valence-electron chi connectivity index (χ4n) is 2.37. The van der Waals surface area contributed by atoms with Crippen LogP contribution in [0.1, 0.15) is 25.7 Å². The quantitative estimate of drug-likeness (QED) is 0.785. The normalized spacial score (nSPS) is 26.6.